The predicted octanol–water partition coefficient (Wildman–Crippen LogP) is 0.174. The van der Waals surface area contributed by atoms with E-state index < -0.39 is 5.82 Å². The minimum Gasteiger partial charge on any atom is -0.459 e. The largest absolute Gasteiger partial charge is 0.459 e. The number of anilines is 1. The van der Waals surface area contributed by atoms with Gasteiger partial charge in [-0.3, -0.25) is 0 Å². The Bertz CT molecular complexity index is 529. The highest BCUT2D eigenvalue weighted by molar-refractivity contribution is 6.32. The van der Waals surface area contributed by atoms with Gasteiger partial charge in [0.2, 0.25) is 0 Å². The fourth-order valence-electron chi connectivity index (χ4n) is 1.38. The zero-order valence-electron chi connectivity index (χ0n) is 9.65. The van der Waals surface area contributed by atoms with Gasteiger partial charge in [-0.15, -0.1) is 0 Å². The van der Waals surface area contributed by atoms with Crippen molar-refractivity contribution in [2.24, 2.45) is 0 Å². The number of ether oxygens (including phenoxy) is 1. The van der Waals surface area contributed by atoms with Crippen molar-refractivity contribution in [2.75, 3.05) is 5.73 Å². The van der Waals surface area contributed by atoms with Gasteiger partial charge in [-0.1, -0.05) is 17.6 Å². The second-order valence-electron chi connectivity index (χ2n) is 3.76. The predicted molar refractivity (Wildman–Crippen MR) is 65.3 cm³/mol. The normalized spacial score (nSPS) is 10.3. The van der Waals surface area contributed by atoms with Crippen LogP contribution >= 0.6 is 0 Å². The lowest BCUT2D eigenvalue weighted by molar-refractivity contribution is 0.280. The van der Waals surface area contributed by atoms with Crippen LogP contribution in [0.1, 0.15) is 5.56 Å². The van der Waals surface area contributed by atoms with Crippen LogP contribution < -0.4 is 15.9 Å². The smallest absolute Gasteiger partial charge is 0.318 e. The third kappa shape index (κ3) is 2.74. The van der Waals surface area contributed by atoms with E-state index in [1.165, 1.54) is 6.07 Å². The molecule has 0 saturated carbocycles. The molecular formula is C11H10BF2N3O. The number of aromatic nitrogens is 2. The van der Waals surface area contributed by atoms with Gasteiger partial charge >= 0.3 is 6.01 Å². The van der Waals surface area contributed by atoms with E-state index in [1.807, 2.05) is 0 Å². The molecular weight excluding hydrogens is 239 g/mol. The summed E-state index contributed by atoms with van der Waals surface area (Å²) in [7, 11) is 1.66. The van der Waals surface area contributed by atoms with Crippen molar-refractivity contribution < 1.29 is 13.5 Å². The first-order valence-corrected chi connectivity index (χ1v) is 5.22. The van der Waals surface area contributed by atoms with E-state index in [1.54, 1.807) is 20.0 Å². The zero-order chi connectivity index (χ0) is 13.1. The molecule has 7 heteroatoms. The summed E-state index contributed by atoms with van der Waals surface area (Å²) in [4.78, 5) is 7.25. The van der Waals surface area contributed by atoms with E-state index in [-0.39, 0.29) is 24.3 Å². The van der Waals surface area contributed by atoms with E-state index >= 15 is 0 Å². The van der Waals surface area contributed by atoms with Crippen molar-refractivity contribution in [1.82, 2.24) is 9.97 Å². The van der Waals surface area contributed by atoms with Gasteiger partial charge in [0.05, 0.1) is 6.20 Å². The molecule has 0 saturated heterocycles. The first kappa shape index (κ1) is 12.3. The maximum atomic E-state index is 13.0. The lowest BCUT2D eigenvalue weighted by Crippen LogP contribution is -2.10. The molecule has 92 valence electrons. The Morgan fingerprint density at radius 1 is 1.28 bits per heavy atom. The average molecular weight is 249 g/mol. The number of benzene rings is 1. The molecule has 1 aromatic carbocycles. The maximum Gasteiger partial charge on any atom is 0.318 e. The topological polar surface area (TPSA) is 61.0 Å². The van der Waals surface area contributed by atoms with E-state index in [2.05, 4.69) is 9.97 Å². The minimum absolute atomic E-state index is 0.0177. The summed E-state index contributed by atoms with van der Waals surface area (Å²) in [5, 5.41) is 0. The van der Waals surface area contributed by atoms with E-state index in [0.717, 1.165) is 11.8 Å². The zero-order valence-corrected chi connectivity index (χ0v) is 9.65. The van der Waals surface area contributed by atoms with Crippen LogP contribution in [0.5, 0.6) is 6.01 Å². The summed E-state index contributed by atoms with van der Waals surface area (Å²) in [6.07, 6.45) is 0.938. The van der Waals surface area contributed by atoms with E-state index in [4.69, 9.17) is 10.5 Å². The van der Waals surface area contributed by atoms with Crippen LogP contribution in [0.2, 0.25) is 0 Å². The molecule has 0 aliphatic carbocycles. The number of nitrogens with two attached hydrogens (primary N) is 1. The molecule has 0 radical (unpaired) electrons. The molecule has 1 heterocycles. The average Bonchev–Trinajstić information content (AvgIpc) is 2.35. The van der Waals surface area contributed by atoms with E-state index in [0.29, 0.717) is 5.46 Å². The molecule has 2 aromatic rings. The molecule has 2 rings (SSSR count). The van der Waals surface area contributed by atoms with Crippen LogP contribution in [-0.4, -0.2) is 17.8 Å². The molecule has 0 fully saturated rings. The van der Waals surface area contributed by atoms with Crippen LogP contribution in [0.3, 0.4) is 0 Å². The summed E-state index contributed by atoms with van der Waals surface area (Å²) < 4.78 is 31.1. The monoisotopic (exact) mass is 249 g/mol. The molecule has 0 aliphatic rings. The Kier molecular flexibility index (Phi) is 3.41. The van der Waals surface area contributed by atoms with Gasteiger partial charge in [0, 0.05) is 0 Å². The fraction of sp³-hybridized carbons (Fsp3) is 0.0909. The summed E-state index contributed by atoms with van der Waals surface area (Å²) in [5.41, 5.74) is 6.57. The van der Waals surface area contributed by atoms with Crippen molar-refractivity contribution in [3.8, 4) is 6.01 Å². The van der Waals surface area contributed by atoms with Gasteiger partial charge in [0.15, 0.2) is 11.6 Å². The van der Waals surface area contributed by atoms with Crippen molar-refractivity contribution in [2.45, 2.75) is 6.61 Å². The van der Waals surface area contributed by atoms with Gasteiger partial charge in [-0.2, -0.15) is 4.98 Å². The summed E-state index contributed by atoms with van der Waals surface area (Å²) in [5.74, 6) is -1.24. The Labute approximate surface area is 103 Å². The number of hydrogen-bond acceptors (Lipinski definition) is 4. The lowest BCUT2D eigenvalue weighted by atomic mass is 9.94. The van der Waals surface area contributed by atoms with Crippen LogP contribution in [0.15, 0.2) is 24.4 Å². The van der Waals surface area contributed by atoms with Gasteiger partial charge in [-0.05, 0) is 11.6 Å². The Balaban J connectivity index is 2.06. The molecule has 0 spiro atoms. The Morgan fingerprint density at radius 3 is 2.72 bits per heavy atom. The van der Waals surface area contributed by atoms with Gasteiger partial charge in [-0.25, -0.2) is 13.8 Å². The molecule has 4 nitrogen and oxygen atoms in total. The highest BCUT2D eigenvalue weighted by atomic mass is 19.1. The minimum atomic E-state index is -0.694. The molecule has 0 atom stereocenters. The third-order valence-electron chi connectivity index (χ3n) is 2.34. The number of hydrogen-bond donors (Lipinski definition) is 1. The second kappa shape index (κ2) is 4.99. The quantitative estimate of drug-likeness (QED) is 0.788. The summed E-state index contributed by atoms with van der Waals surface area (Å²) in [6, 6.07) is 4.58. The molecule has 0 amide bonds. The van der Waals surface area contributed by atoms with Crippen molar-refractivity contribution in [3.05, 3.63) is 41.6 Å². The summed E-state index contributed by atoms with van der Waals surface area (Å²) >= 11 is 0. The highest BCUT2D eigenvalue weighted by Crippen LogP contribution is 2.11. The van der Waals surface area contributed by atoms with Crippen LogP contribution in [0, 0.1) is 11.6 Å². The summed E-state index contributed by atoms with van der Waals surface area (Å²) in [6.45, 7) is 0.159. The number of halogens is 2. The SMILES string of the molecule is Bc1cc(COc2ncc(F)c(N)n2)ccc1F. The number of nitrogens with zero attached hydrogens (tertiary/aromatic N) is 2. The van der Waals surface area contributed by atoms with Crippen molar-refractivity contribution >= 4 is 19.1 Å². The van der Waals surface area contributed by atoms with Gasteiger partial charge in [0.25, 0.3) is 0 Å². The maximum absolute atomic E-state index is 13.0. The van der Waals surface area contributed by atoms with Crippen molar-refractivity contribution in [1.29, 1.82) is 0 Å². The van der Waals surface area contributed by atoms with E-state index in [9.17, 15) is 8.78 Å². The molecule has 0 unspecified atom stereocenters. The number of rotatable bonds is 3. The van der Waals surface area contributed by atoms with Crippen LogP contribution in [0.4, 0.5) is 14.6 Å². The molecule has 0 bridgehead atoms. The molecule has 18 heavy (non-hydrogen) atoms. The molecule has 0 aliphatic heterocycles. The molecule has 1 aromatic heterocycles. The highest BCUT2D eigenvalue weighted by Gasteiger charge is 2.05. The van der Waals surface area contributed by atoms with Crippen molar-refractivity contribution in [3.63, 3.8) is 0 Å². The standard InChI is InChI=1S/C11H10BF2N3O/c12-7-3-6(1-2-8(7)13)5-18-11-16-4-9(14)10(15)17-11/h1-4H,5,12H2,(H2,15,16,17). The first-order valence-electron chi connectivity index (χ1n) is 5.22. The van der Waals surface area contributed by atoms with Gasteiger partial charge in [0.1, 0.15) is 20.3 Å². The Morgan fingerprint density at radius 2 is 2.06 bits per heavy atom. The molecule has 2 N–H and O–H groups in total. The second-order valence-corrected chi connectivity index (χ2v) is 3.76. The Hall–Kier alpha value is -2.18. The first-order chi connectivity index (χ1) is 8.56. The lowest BCUT2D eigenvalue weighted by Gasteiger charge is -2.06. The van der Waals surface area contributed by atoms with Crippen LogP contribution in [-0.2, 0) is 6.61 Å². The third-order valence-corrected chi connectivity index (χ3v) is 2.34. The fourth-order valence-corrected chi connectivity index (χ4v) is 1.38. The van der Waals surface area contributed by atoms with Gasteiger partial charge < -0.3 is 10.5 Å². The number of nitrogen functional groups attached to an aromatic ring is 1. The van der Waals surface area contributed by atoms with Crippen LogP contribution in [0.25, 0.3) is 0 Å².